The van der Waals surface area contributed by atoms with Crippen molar-refractivity contribution in [2.45, 2.75) is 142 Å². The van der Waals surface area contributed by atoms with Crippen LogP contribution in [0.1, 0.15) is 134 Å². The van der Waals surface area contributed by atoms with Gasteiger partial charge in [-0.3, -0.25) is 24.6 Å². The molecule has 0 radical (unpaired) electrons. The van der Waals surface area contributed by atoms with Crippen molar-refractivity contribution in [1.82, 2.24) is 4.90 Å². The van der Waals surface area contributed by atoms with E-state index in [2.05, 4.69) is 46.0 Å². The molecule has 344 valence electrons. The number of hydrogen-bond acceptors (Lipinski definition) is 11. The molecule has 1 aromatic rings. The van der Waals surface area contributed by atoms with Crippen LogP contribution in [0.15, 0.2) is 46.4 Å². The summed E-state index contributed by atoms with van der Waals surface area (Å²) in [5, 5.41) is 60.9. The highest BCUT2D eigenvalue weighted by Gasteiger charge is 2.67. The van der Waals surface area contributed by atoms with E-state index in [9.17, 15) is 44.7 Å². The number of ether oxygens (including phenoxy) is 1. The summed E-state index contributed by atoms with van der Waals surface area (Å²) >= 11 is 0. The number of nitrogens with one attached hydrogen (secondary N) is 1. The number of nitrogens with two attached hydrogens (primary N) is 1. The molecule has 63 heavy (non-hydrogen) atoms. The van der Waals surface area contributed by atoms with Gasteiger partial charge in [-0.05, 0) is 123 Å². The Labute approximate surface area is 371 Å². The van der Waals surface area contributed by atoms with Crippen LogP contribution in [0.5, 0.6) is 5.75 Å². The fraction of sp³-hybridized carbons (Fsp3) is 0.680. The Morgan fingerprint density at radius 1 is 1.00 bits per heavy atom. The predicted octanol–water partition coefficient (Wildman–Crippen LogP) is 7.61. The molecule has 13 heteroatoms. The van der Waals surface area contributed by atoms with Crippen molar-refractivity contribution in [2.24, 2.45) is 63.9 Å². The molecule has 14 atom stereocenters. The Hall–Kier alpha value is -4.20. The number of benzene rings is 1. The van der Waals surface area contributed by atoms with Gasteiger partial charge < -0.3 is 36.0 Å². The number of carbonyl (C=O) groups excluding carboxylic acids is 4. The predicted molar refractivity (Wildman–Crippen MR) is 237 cm³/mol. The van der Waals surface area contributed by atoms with Crippen LogP contribution in [0.25, 0.3) is 0 Å². The molecule has 8 N–H and O–H groups in total. The summed E-state index contributed by atoms with van der Waals surface area (Å²) in [6.45, 7) is 13.8. The van der Waals surface area contributed by atoms with Crippen molar-refractivity contribution in [3.63, 3.8) is 0 Å². The monoisotopic (exact) mass is 871 g/mol. The first-order chi connectivity index (χ1) is 29.6. The van der Waals surface area contributed by atoms with Gasteiger partial charge in [0.15, 0.2) is 17.1 Å². The molecular formula is C50H69N3O10. The number of likely N-dealkylation sites (N-methyl/N-ethyl adjacent to an activating group) is 1. The molecule has 1 aromatic carbocycles. The lowest BCUT2D eigenvalue weighted by Gasteiger charge is -2.58. The van der Waals surface area contributed by atoms with Crippen molar-refractivity contribution in [1.29, 1.82) is 0 Å². The van der Waals surface area contributed by atoms with E-state index < -0.39 is 87.5 Å². The van der Waals surface area contributed by atoms with Gasteiger partial charge in [-0.25, -0.2) is 4.79 Å². The van der Waals surface area contributed by atoms with E-state index >= 15 is 0 Å². The van der Waals surface area contributed by atoms with E-state index in [1.807, 2.05) is 0 Å². The molecule has 0 aliphatic heterocycles. The number of aliphatic hydroxyl groups is 4. The maximum Gasteiger partial charge on any atom is 0.412 e. The summed E-state index contributed by atoms with van der Waals surface area (Å²) in [7, 11) is 2.97. The van der Waals surface area contributed by atoms with Gasteiger partial charge in [-0.1, -0.05) is 78.5 Å². The summed E-state index contributed by atoms with van der Waals surface area (Å²) in [5.41, 5.74) is 2.64. The maximum absolute atomic E-state index is 14.4. The molecule has 3 saturated carbocycles. The van der Waals surface area contributed by atoms with Gasteiger partial charge in [0.1, 0.15) is 23.2 Å². The van der Waals surface area contributed by atoms with E-state index in [0.29, 0.717) is 35.7 Å². The highest BCUT2D eigenvalue weighted by molar-refractivity contribution is 6.25. The normalized spacial score (nSPS) is 38.8. The number of allylic oxidation sites excluding steroid dienone is 1. The average molecular weight is 872 g/mol. The summed E-state index contributed by atoms with van der Waals surface area (Å²) in [5.74, 6) is -5.55. The number of primary amides is 1. The highest BCUT2D eigenvalue weighted by Crippen LogP contribution is 2.67. The lowest BCUT2D eigenvalue weighted by molar-refractivity contribution is -0.162. The number of aromatic hydroxyl groups is 1. The van der Waals surface area contributed by atoms with Crippen LogP contribution >= 0.6 is 0 Å². The molecule has 0 spiro atoms. The smallest absolute Gasteiger partial charge is 0.412 e. The molecule has 8 rings (SSSR count). The second-order valence-electron chi connectivity index (χ2n) is 21.7. The summed E-state index contributed by atoms with van der Waals surface area (Å²) in [6, 6.07) is 1.63. The number of rotatable bonds is 9. The van der Waals surface area contributed by atoms with Crippen molar-refractivity contribution in [3.05, 3.63) is 57.6 Å². The minimum atomic E-state index is -3.02. The van der Waals surface area contributed by atoms with E-state index in [1.54, 1.807) is 6.92 Å². The van der Waals surface area contributed by atoms with Gasteiger partial charge in [-0.2, -0.15) is 0 Å². The van der Waals surface area contributed by atoms with Gasteiger partial charge in [0.25, 0.3) is 5.91 Å². The molecule has 13 nitrogen and oxygen atoms in total. The van der Waals surface area contributed by atoms with Crippen molar-refractivity contribution < 1.29 is 49.4 Å². The average Bonchev–Trinajstić information content (AvgIpc) is 3.57. The molecule has 0 heterocycles. The zero-order chi connectivity index (χ0) is 45.8. The third-order valence-electron chi connectivity index (χ3n) is 17.9. The molecule has 0 aromatic heterocycles. The number of anilines is 1. The van der Waals surface area contributed by atoms with Gasteiger partial charge >= 0.3 is 6.09 Å². The molecule has 2 amide bonds. The lowest BCUT2D eigenvalue weighted by Crippen LogP contribution is -2.68. The maximum atomic E-state index is 14.4. The number of amides is 2. The SMILES string of the molecule is CC(C)CCC[C@@H](C)C1CCC2C3CC=C4CC(OC(=O)Nc5ccc6c(c5O)C(=O)C5=C(O)[C@]7(O)C(=O)C(C(N)=O)=C(O)[C@@H](N(C)C)[C@@H]7[C@@H](O)[C@@H]5[C@H]6C)CC[C@]4(C)C3CC[C@@]21C. The molecule has 5 unspecified atom stereocenters. The molecule has 7 aliphatic carbocycles. The standard InChI is InChI=1S/C50H69N3O10/c1-23(2)10-9-11-24(3)30-15-16-31-29-13-12-26-22-27(18-20-48(26,5)32(29)19-21-49(30,31)6)63-47(61)52-33-17-14-28-25(4)34-36(41(55)35(28)40(33)54)44(58)50(62)38(42(34)56)39(53(7)8)43(57)37(45(50)59)46(51)60/h12,14,17,23-25,27,29-32,34,38-39,42,54,56-58,62H,9-11,13,15-16,18-22H2,1-8H3,(H2,51,60)(H,52,61)/t24-,25+,27?,29?,30?,31?,32?,34-,38-,39+,42+,48+,49-,50+/m1/s1. The Kier molecular flexibility index (Phi) is 11.6. The zero-order valence-electron chi connectivity index (χ0n) is 38.2. The fourth-order valence-electron chi connectivity index (χ4n) is 14.8. The van der Waals surface area contributed by atoms with Gasteiger partial charge in [0.2, 0.25) is 5.78 Å². The Morgan fingerprint density at radius 2 is 1.71 bits per heavy atom. The number of ketones is 2. The molecular weight excluding hydrogens is 803 g/mol. The second kappa shape index (κ2) is 16.0. The number of phenolic OH excluding ortho intramolecular Hbond substituents is 1. The zero-order valence-corrected chi connectivity index (χ0v) is 38.2. The number of Topliss-reactive ketones (excluding diaryl/α,β-unsaturated/α-hetero) is 2. The Balaban J connectivity index is 0.980. The molecule has 7 aliphatic rings. The lowest BCUT2D eigenvalue weighted by atomic mass is 9.47. The Bertz CT molecular complexity index is 2190. The van der Waals surface area contributed by atoms with E-state index in [1.165, 1.54) is 81.6 Å². The van der Waals surface area contributed by atoms with Crippen LogP contribution in [-0.2, 0) is 14.3 Å². The molecule has 0 bridgehead atoms. The van der Waals surface area contributed by atoms with Crippen LogP contribution in [0.2, 0.25) is 0 Å². The second-order valence-corrected chi connectivity index (χ2v) is 21.7. The Morgan fingerprint density at radius 3 is 2.38 bits per heavy atom. The summed E-state index contributed by atoms with van der Waals surface area (Å²) < 4.78 is 6.01. The number of phenols is 1. The third kappa shape index (κ3) is 6.79. The quantitative estimate of drug-likeness (QED) is 0.0727. The number of nitrogens with zero attached hydrogens (tertiary/aromatic N) is 1. The van der Waals surface area contributed by atoms with Crippen LogP contribution in [0, 0.1) is 58.2 Å². The van der Waals surface area contributed by atoms with E-state index in [-0.39, 0.29) is 22.8 Å². The van der Waals surface area contributed by atoms with Crippen LogP contribution < -0.4 is 11.1 Å². The van der Waals surface area contributed by atoms with Crippen molar-refractivity contribution >= 4 is 29.3 Å². The van der Waals surface area contributed by atoms with Crippen molar-refractivity contribution in [3.8, 4) is 5.75 Å². The summed E-state index contributed by atoms with van der Waals surface area (Å²) in [4.78, 5) is 55.4. The first kappa shape index (κ1) is 45.4. The topological polar surface area (TPSA) is 220 Å². The van der Waals surface area contributed by atoms with E-state index in [0.717, 1.165) is 36.5 Å². The van der Waals surface area contributed by atoms with Crippen LogP contribution in [0.4, 0.5) is 10.5 Å². The van der Waals surface area contributed by atoms with Gasteiger partial charge in [-0.15, -0.1) is 0 Å². The summed E-state index contributed by atoms with van der Waals surface area (Å²) in [6.07, 6.45) is 12.0. The van der Waals surface area contributed by atoms with Crippen molar-refractivity contribution in [2.75, 3.05) is 19.4 Å². The van der Waals surface area contributed by atoms with Crippen LogP contribution in [-0.4, -0.2) is 91.9 Å². The molecule has 3 fully saturated rings. The number of aliphatic hydroxyl groups excluding tert-OH is 3. The number of carbonyl (C=O) groups is 4. The number of hydrogen-bond donors (Lipinski definition) is 7. The molecule has 0 saturated heterocycles. The highest BCUT2D eigenvalue weighted by atomic mass is 16.6. The third-order valence-corrected chi connectivity index (χ3v) is 17.9. The number of fused-ring (bicyclic) bond motifs is 8. The first-order valence-corrected chi connectivity index (χ1v) is 23.4. The fourth-order valence-corrected chi connectivity index (χ4v) is 14.8. The van der Waals surface area contributed by atoms with Gasteiger partial charge in [0, 0.05) is 17.9 Å². The largest absolute Gasteiger partial charge is 0.510 e. The van der Waals surface area contributed by atoms with Crippen LogP contribution in [0.3, 0.4) is 0 Å². The minimum absolute atomic E-state index is 0.0566. The van der Waals surface area contributed by atoms with Gasteiger partial charge in [0.05, 0.1) is 29.3 Å². The van der Waals surface area contributed by atoms with E-state index in [4.69, 9.17) is 10.5 Å². The minimum Gasteiger partial charge on any atom is -0.510 e. The first-order valence-electron chi connectivity index (χ1n) is 23.4.